The van der Waals surface area contributed by atoms with Crippen LogP contribution >= 0.6 is 0 Å². The normalized spacial score (nSPS) is 27.0. The molecule has 0 radical (unpaired) electrons. The summed E-state index contributed by atoms with van der Waals surface area (Å²) in [6.07, 6.45) is 6.69. The van der Waals surface area contributed by atoms with Gasteiger partial charge in [-0.3, -0.25) is 0 Å². The van der Waals surface area contributed by atoms with Gasteiger partial charge in [0.2, 0.25) is 0 Å². The minimum Gasteiger partial charge on any atom is -0.385 e. The molecule has 0 aliphatic heterocycles. The molecule has 0 aromatic heterocycles. The van der Waals surface area contributed by atoms with Crippen LogP contribution < -0.4 is 5.32 Å². The highest BCUT2D eigenvalue weighted by Crippen LogP contribution is 2.37. The Labute approximate surface area is 101 Å². The molecular formula is C14H29NO. The van der Waals surface area contributed by atoms with Crippen molar-refractivity contribution in [1.82, 2.24) is 5.32 Å². The van der Waals surface area contributed by atoms with Crippen molar-refractivity contribution in [2.45, 2.75) is 58.9 Å². The maximum atomic E-state index is 5.09. The Balaban J connectivity index is 2.35. The van der Waals surface area contributed by atoms with Crippen molar-refractivity contribution >= 4 is 0 Å². The van der Waals surface area contributed by atoms with Gasteiger partial charge in [0.25, 0.3) is 0 Å². The van der Waals surface area contributed by atoms with Crippen LogP contribution in [-0.2, 0) is 4.74 Å². The van der Waals surface area contributed by atoms with E-state index in [2.05, 4.69) is 26.1 Å². The summed E-state index contributed by atoms with van der Waals surface area (Å²) in [4.78, 5) is 0. The summed E-state index contributed by atoms with van der Waals surface area (Å²) < 4.78 is 5.09. The second kappa shape index (κ2) is 6.61. The van der Waals surface area contributed by atoms with Gasteiger partial charge in [0.15, 0.2) is 0 Å². The summed E-state index contributed by atoms with van der Waals surface area (Å²) in [6, 6.07) is 0.727. The van der Waals surface area contributed by atoms with E-state index in [9.17, 15) is 0 Å². The zero-order valence-electron chi connectivity index (χ0n) is 11.5. The first kappa shape index (κ1) is 14.0. The number of hydrogen-bond acceptors (Lipinski definition) is 2. The lowest BCUT2D eigenvalue weighted by Gasteiger charge is -2.41. The number of ether oxygens (including phenoxy) is 1. The van der Waals surface area contributed by atoms with Crippen LogP contribution in [0.2, 0.25) is 0 Å². The molecule has 0 spiro atoms. The fourth-order valence-electron chi connectivity index (χ4n) is 2.92. The van der Waals surface area contributed by atoms with Crippen molar-refractivity contribution in [2.24, 2.45) is 11.3 Å². The highest BCUT2D eigenvalue weighted by atomic mass is 16.5. The molecule has 0 bridgehead atoms. The van der Waals surface area contributed by atoms with E-state index in [-0.39, 0.29) is 0 Å². The molecule has 96 valence electrons. The molecule has 1 N–H and O–H groups in total. The molecule has 2 heteroatoms. The SMILES string of the molecule is COCCCNC1CCCCC1C(C)(C)C. The van der Waals surface area contributed by atoms with E-state index in [1.54, 1.807) is 7.11 Å². The molecule has 0 amide bonds. The van der Waals surface area contributed by atoms with Crippen molar-refractivity contribution in [3.8, 4) is 0 Å². The number of methoxy groups -OCH3 is 1. The summed E-state index contributed by atoms with van der Waals surface area (Å²) in [5.41, 5.74) is 0.444. The summed E-state index contributed by atoms with van der Waals surface area (Å²) in [7, 11) is 1.78. The quantitative estimate of drug-likeness (QED) is 0.728. The molecule has 0 heterocycles. The lowest BCUT2D eigenvalue weighted by molar-refractivity contribution is 0.127. The monoisotopic (exact) mass is 227 g/mol. The topological polar surface area (TPSA) is 21.3 Å². The highest BCUT2D eigenvalue weighted by molar-refractivity contribution is 4.88. The Bertz CT molecular complexity index is 186. The molecule has 0 saturated heterocycles. The van der Waals surface area contributed by atoms with Crippen molar-refractivity contribution in [2.75, 3.05) is 20.3 Å². The van der Waals surface area contributed by atoms with Gasteiger partial charge < -0.3 is 10.1 Å². The zero-order valence-corrected chi connectivity index (χ0v) is 11.5. The van der Waals surface area contributed by atoms with Gasteiger partial charge in [0.1, 0.15) is 0 Å². The Kier molecular flexibility index (Phi) is 5.77. The van der Waals surface area contributed by atoms with Crippen molar-refractivity contribution < 1.29 is 4.74 Å². The molecule has 2 atom stereocenters. The van der Waals surface area contributed by atoms with Crippen LogP contribution in [0.25, 0.3) is 0 Å². The Morgan fingerprint density at radius 1 is 1.19 bits per heavy atom. The lowest BCUT2D eigenvalue weighted by atomic mass is 9.69. The van der Waals surface area contributed by atoms with E-state index in [0.29, 0.717) is 5.41 Å². The second-order valence-electron chi connectivity index (χ2n) is 6.16. The lowest BCUT2D eigenvalue weighted by Crippen LogP contribution is -2.44. The molecule has 16 heavy (non-hydrogen) atoms. The predicted molar refractivity (Wildman–Crippen MR) is 69.7 cm³/mol. The maximum absolute atomic E-state index is 5.09. The van der Waals surface area contributed by atoms with Gasteiger partial charge in [0, 0.05) is 19.8 Å². The fourth-order valence-corrected chi connectivity index (χ4v) is 2.92. The molecule has 1 aliphatic rings. The van der Waals surface area contributed by atoms with Gasteiger partial charge in [-0.25, -0.2) is 0 Å². The molecular weight excluding hydrogens is 198 g/mol. The first-order valence-electron chi connectivity index (χ1n) is 6.78. The average molecular weight is 227 g/mol. The average Bonchev–Trinajstić information content (AvgIpc) is 2.24. The molecule has 2 nitrogen and oxygen atoms in total. The van der Waals surface area contributed by atoms with Crippen LogP contribution in [0.1, 0.15) is 52.9 Å². The second-order valence-corrected chi connectivity index (χ2v) is 6.16. The summed E-state index contributed by atoms with van der Waals surface area (Å²) in [5.74, 6) is 0.837. The number of nitrogens with one attached hydrogen (secondary N) is 1. The minimum absolute atomic E-state index is 0.444. The Hall–Kier alpha value is -0.0800. The highest BCUT2D eigenvalue weighted by Gasteiger charge is 2.33. The molecule has 2 unspecified atom stereocenters. The van der Waals surface area contributed by atoms with Crippen LogP contribution in [0, 0.1) is 11.3 Å². The summed E-state index contributed by atoms with van der Waals surface area (Å²) in [5, 5.41) is 3.73. The molecule has 1 aliphatic carbocycles. The largest absolute Gasteiger partial charge is 0.385 e. The van der Waals surface area contributed by atoms with E-state index in [1.807, 2.05) is 0 Å². The third-order valence-electron chi connectivity index (χ3n) is 3.81. The van der Waals surface area contributed by atoms with E-state index < -0.39 is 0 Å². The predicted octanol–water partition coefficient (Wildman–Crippen LogP) is 3.22. The minimum atomic E-state index is 0.444. The van der Waals surface area contributed by atoms with Crippen LogP contribution in [0.4, 0.5) is 0 Å². The first-order valence-corrected chi connectivity index (χ1v) is 6.78. The molecule has 1 rings (SSSR count). The standard InChI is InChI=1S/C14H29NO/c1-14(2,3)12-8-5-6-9-13(12)15-10-7-11-16-4/h12-13,15H,5-11H2,1-4H3. The van der Waals surface area contributed by atoms with Crippen molar-refractivity contribution in [3.63, 3.8) is 0 Å². The van der Waals surface area contributed by atoms with Crippen LogP contribution in [0.15, 0.2) is 0 Å². The molecule has 1 fully saturated rings. The molecule has 1 saturated carbocycles. The van der Waals surface area contributed by atoms with Crippen molar-refractivity contribution in [1.29, 1.82) is 0 Å². The number of rotatable bonds is 5. The zero-order chi connectivity index (χ0) is 12.0. The van der Waals surface area contributed by atoms with Crippen molar-refractivity contribution in [3.05, 3.63) is 0 Å². The van der Waals surface area contributed by atoms with Gasteiger partial charge in [-0.05, 0) is 37.1 Å². The number of hydrogen-bond donors (Lipinski definition) is 1. The summed E-state index contributed by atoms with van der Waals surface area (Å²) >= 11 is 0. The van der Waals surface area contributed by atoms with Gasteiger partial charge in [-0.15, -0.1) is 0 Å². The third kappa shape index (κ3) is 4.42. The smallest absolute Gasteiger partial charge is 0.0474 e. The van der Waals surface area contributed by atoms with Crippen LogP contribution in [-0.4, -0.2) is 26.3 Å². The van der Waals surface area contributed by atoms with E-state index >= 15 is 0 Å². The van der Waals surface area contributed by atoms with Crippen LogP contribution in [0.5, 0.6) is 0 Å². The van der Waals surface area contributed by atoms with Gasteiger partial charge in [-0.2, -0.15) is 0 Å². The Morgan fingerprint density at radius 2 is 1.88 bits per heavy atom. The third-order valence-corrected chi connectivity index (χ3v) is 3.81. The van der Waals surface area contributed by atoms with Gasteiger partial charge in [0.05, 0.1) is 0 Å². The van der Waals surface area contributed by atoms with Gasteiger partial charge >= 0.3 is 0 Å². The summed E-state index contributed by atoms with van der Waals surface area (Å²) in [6.45, 7) is 9.12. The van der Waals surface area contributed by atoms with Gasteiger partial charge in [-0.1, -0.05) is 33.6 Å². The fraction of sp³-hybridized carbons (Fsp3) is 1.00. The van der Waals surface area contributed by atoms with Crippen LogP contribution in [0.3, 0.4) is 0 Å². The van der Waals surface area contributed by atoms with E-state index in [1.165, 1.54) is 25.7 Å². The maximum Gasteiger partial charge on any atom is 0.0474 e. The molecule has 0 aromatic rings. The Morgan fingerprint density at radius 3 is 2.50 bits per heavy atom. The molecule has 0 aromatic carbocycles. The van der Waals surface area contributed by atoms with E-state index in [0.717, 1.165) is 31.5 Å². The van der Waals surface area contributed by atoms with E-state index in [4.69, 9.17) is 4.74 Å². The first-order chi connectivity index (χ1) is 7.55.